The predicted octanol–water partition coefficient (Wildman–Crippen LogP) is 0.00520. The molecule has 5 heteroatoms. The largest absolute Gasteiger partial charge is 0.328 e. The molecule has 0 aliphatic carbocycles. The van der Waals surface area contributed by atoms with Crippen LogP contribution in [0.3, 0.4) is 0 Å². The summed E-state index contributed by atoms with van der Waals surface area (Å²) in [4.78, 5) is 0. The molecule has 1 rings (SSSR count). The molecule has 0 aromatic carbocycles. The van der Waals surface area contributed by atoms with Crippen molar-refractivity contribution in [2.24, 2.45) is 11.7 Å². The Labute approximate surface area is 80.1 Å². The molecule has 1 aliphatic heterocycles. The molecule has 0 amide bonds. The van der Waals surface area contributed by atoms with Gasteiger partial charge in [0.1, 0.15) is 0 Å². The molecule has 1 saturated heterocycles. The molecule has 0 aromatic rings. The van der Waals surface area contributed by atoms with Gasteiger partial charge in [-0.15, -0.1) is 0 Å². The second-order valence-corrected chi connectivity index (χ2v) is 5.86. The van der Waals surface area contributed by atoms with E-state index >= 15 is 0 Å². The average Bonchev–Trinajstić information content (AvgIpc) is 2.03. The Morgan fingerprint density at radius 2 is 2.15 bits per heavy atom. The van der Waals surface area contributed by atoms with Gasteiger partial charge >= 0.3 is 0 Å². The van der Waals surface area contributed by atoms with E-state index in [0.29, 0.717) is 19.0 Å². The third-order valence-electron chi connectivity index (χ3n) is 2.63. The third-order valence-corrected chi connectivity index (χ3v) is 3.90. The maximum absolute atomic E-state index is 11.2. The molecule has 1 fully saturated rings. The summed E-state index contributed by atoms with van der Waals surface area (Å²) in [7, 11) is -3.01. The first-order chi connectivity index (χ1) is 5.91. The summed E-state index contributed by atoms with van der Waals surface area (Å²) < 4.78 is 24.0. The highest BCUT2D eigenvalue weighted by molar-refractivity contribution is 7.88. The Balaban J connectivity index is 2.62. The molecule has 0 spiro atoms. The highest BCUT2D eigenvalue weighted by Gasteiger charge is 2.27. The van der Waals surface area contributed by atoms with Crippen LogP contribution in [-0.2, 0) is 10.0 Å². The fraction of sp³-hybridized carbons (Fsp3) is 1.00. The summed E-state index contributed by atoms with van der Waals surface area (Å²) in [6.45, 7) is 3.19. The minimum atomic E-state index is -3.01. The number of piperidine rings is 1. The Morgan fingerprint density at radius 1 is 1.54 bits per heavy atom. The molecule has 0 aromatic heterocycles. The van der Waals surface area contributed by atoms with Crippen LogP contribution in [-0.4, -0.2) is 38.1 Å². The van der Waals surface area contributed by atoms with Crippen LogP contribution in [0.25, 0.3) is 0 Å². The van der Waals surface area contributed by atoms with Crippen LogP contribution in [0.5, 0.6) is 0 Å². The predicted molar refractivity (Wildman–Crippen MR) is 52.8 cm³/mol. The molecule has 0 saturated carbocycles. The molecule has 2 N–H and O–H groups in total. The van der Waals surface area contributed by atoms with Gasteiger partial charge in [-0.05, 0) is 25.7 Å². The molecule has 1 heterocycles. The van der Waals surface area contributed by atoms with Crippen LogP contribution < -0.4 is 5.73 Å². The molecule has 13 heavy (non-hydrogen) atoms. The van der Waals surface area contributed by atoms with Gasteiger partial charge < -0.3 is 5.73 Å². The van der Waals surface area contributed by atoms with E-state index in [1.165, 1.54) is 10.6 Å². The van der Waals surface area contributed by atoms with E-state index in [0.717, 1.165) is 12.8 Å². The lowest BCUT2D eigenvalue weighted by Crippen LogP contribution is -2.44. The van der Waals surface area contributed by atoms with Crippen LogP contribution in [0.4, 0.5) is 0 Å². The first-order valence-electron chi connectivity index (χ1n) is 4.62. The zero-order valence-corrected chi connectivity index (χ0v) is 9.05. The Morgan fingerprint density at radius 3 is 2.62 bits per heavy atom. The fourth-order valence-electron chi connectivity index (χ4n) is 1.70. The molecular formula is C8H18N2O2S. The van der Waals surface area contributed by atoms with Crippen molar-refractivity contribution in [1.29, 1.82) is 0 Å². The second kappa shape index (κ2) is 3.94. The fourth-order valence-corrected chi connectivity index (χ4v) is 2.63. The lowest BCUT2D eigenvalue weighted by atomic mass is 9.93. The van der Waals surface area contributed by atoms with Gasteiger partial charge in [-0.2, -0.15) is 0 Å². The van der Waals surface area contributed by atoms with Crippen molar-refractivity contribution >= 4 is 10.0 Å². The van der Waals surface area contributed by atoms with Gasteiger partial charge in [0.2, 0.25) is 10.0 Å². The molecule has 78 valence electrons. The van der Waals surface area contributed by atoms with E-state index in [1.54, 1.807) is 0 Å². The van der Waals surface area contributed by atoms with E-state index in [4.69, 9.17) is 5.73 Å². The summed E-state index contributed by atoms with van der Waals surface area (Å²) in [5.74, 6) is 0.323. The summed E-state index contributed by atoms with van der Waals surface area (Å²) in [6, 6.07) is 0.0875. The minimum Gasteiger partial charge on any atom is -0.328 e. The number of rotatable bonds is 2. The van der Waals surface area contributed by atoms with E-state index in [-0.39, 0.29) is 6.04 Å². The van der Waals surface area contributed by atoms with E-state index in [2.05, 4.69) is 0 Å². The second-order valence-electron chi connectivity index (χ2n) is 3.88. The zero-order chi connectivity index (χ0) is 10.1. The Kier molecular flexibility index (Phi) is 3.32. The number of nitrogens with zero attached hydrogens (tertiary/aromatic N) is 1. The summed E-state index contributed by atoms with van der Waals surface area (Å²) in [6.07, 6.45) is 3.24. The van der Waals surface area contributed by atoms with Gasteiger partial charge in [0.25, 0.3) is 0 Å². The van der Waals surface area contributed by atoms with E-state index < -0.39 is 10.0 Å². The van der Waals surface area contributed by atoms with Crippen molar-refractivity contribution in [3.05, 3.63) is 0 Å². The molecule has 1 aliphatic rings. The minimum absolute atomic E-state index is 0.0875. The summed E-state index contributed by atoms with van der Waals surface area (Å²) >= 11 is 0. The molecular weight excluding hydrogens is 188 g/mol. The summed E-state index contributed by atoms with van der Waals surface area (Å²) in [5.41, 5.74) is 5.75. The van der Waals surface area contributed by atoms with Crippen LogP contribution >= 0.6 is 0 Å². The summed E-state index contributed by atoms with van der Waals surface area (Å²) in [5, 5.41) is 0. The van der Waals surface area contributed by atoms with Gasteiger partial charge in [-0.1, -0.05) is 0 Å². The lowest BCUT2D eigenvalue weighted by Gasteiger charge is -2.32. The molecule has 2 atom stereocenters. The maximum atomic E-state index is 11.2. The van der Waals surface area contributed by atoms with Crippen molar-refractivity contribution in [3.8, 4) is 0 Å². The monoisotopic (exact) mass is 206 g/mol. The standard InChI is InChI=1S/C8H18N2O2S/c1-7(9)8-4-3-5-10(6-8)13(2,11)12/h7-8H,3-6,9H2,1-2H3. The normalized spacial score (nSPS) is 28.7. The van der Waals surface area contributed by atoms with Gasteiger partial charge in [-0.25, -0.2) is 12.7 Å². The smallest absolute Gasteiger partial charge is 0.211 e. The van der Waals surface area contributed by atoms with Gasteiger partial charge in [-0.3, -0.25) is 0 Å². The first kappa shape index (κ1) is 10.9. The first-order valence-corrected chi connectivity index (χ1v) is 6.47. The molecule has 0 bridgehead atoms. The van der Waals surface area contributed by atoms with Crippen molar-refractivity contribution in [1.82, 2.24) is 4.31 Å². The zero-order valence-electron chi connectivity index (χ0n) is 8.23. The number of hydrogen-bond donors (Lipinski definition) is 1. The average molecular weight is 206 g/mol. The Hall–Kier alpha value is -0.130. The Bertz CT molecular complexity index is 261. The third kappa shape index (κ3) is 2.93. The quantitative estimate of drug-likeness (QED) is 0.692. The van der Waals surface area contributed by atoms with Crippen molar-refractivity contribution < 1.29 is 8.42 Å². The van der Waals surface area contributed by atoms with E-state index in [1.807, 2.05) is 6.92 Å². The van der Waals surface area contributed by atoms with Crippen molar-refractivity contribution in [2.75, 3.05) is 19.3 Å². The van der Waals surface area contributed by atoms with Gasteiger partial charge in [0.05, 0.1) is 6.26 Å². The molecule has 2 unspecified atom stereocenters. The van der Waals surface area contributed by atoms with Crippen LogP contribution in [0.1, 0.15) is 19.8 Å². The number of hydrogen-bond acceptors (Lipinski definition) is 3. The lowest BCUT2D eigenvalue weighted by molar-refractivity contribution is 0.244. The van der Waals surface area contributed by atoms with E-state index in [9.17, 15) is 8.42 Å². The number of sulfonamides is 1. The highest BCUT2D eigenvalue weighted by Crippen LogP contribution is 2.20. The van der Waals surface area contributed by atoms with Gasteiger partial charge in [0, 0.05) is 19.1 Å². The topological polar surface area (TPSA) is 63.4 Å². The van der Waals surface area contributed by atoms with Crippen molar-refractivity contribution in [2.45, 2.75) is 25.8 Å². The molecule has 4 nitrogen and oxygen atoms in total. The highest BCUT2D eigenvalue weighted by atomic mass is 32.2. The van der Waals surface area contributed by atoms with Gasteiger partial charge in [0.15, 0.2) is 0 Å². The van der Waals surface area contributed by atoms with Crippen LogP contribution in [0.15, 0.2) is 0 Å². The van der Waals surface area contributed by atoms with Crippen LogP contribution in [0, 0.1) is 5.92 Å². The number of nitrogens with two attached hydrogens (primary N) is 1. The maximum Gasteiger partial charge on any atom is 0.211 e. The van der Waals surface area contributed by atoms with Crippen molar-refractivity contribution in [3.63, 3.8) is 0 Å². The molecule has 0 radical (unpaired) electrons. The SMILES string of the molecule is CC(N)C1CCCN(S(C)(=O)=O)C1. The van der Waals surface area contributed by atoms with Crippen LogP contribution in [0.2, 0.25) is 0 Å².